The molecule has 0 unspecified atom stereocenters. The van der Waals surface area contributed by atoms with Crippen LogP contribution in [0.5, 0.6) is 0 Å². The van der Waals surface area contributed by atoms with Gasteiger partial charge in [0.1, 0.15) is 5.15 Å². The number of halogens is 1. The number of hydrogen-bond donors (Lipinski definition) is 2. The van der Waals surface area contributed by atoms with Crippen molar-refractivity contribution in [3.63, 3.8) is 0 Å². The summed E-state index contributed by atoms with van der Waals surface area (Å²) in [7, 11) is 0. The molecule has 0 saturated carbocycles. The Balaban J connectivity index is 2.10. The van der Waals surface area contributed by atoms with Gasteiger partial charge >= 0.3 is 0 Å². The van der Waals surface area contributed by atoms with E-state index in [1.165, 1.54) is 6.08 Å². The van der Waals surface area contributed by atoms with E-state index in [9.17, 15) is 4.79 Å². The highest BCUT2D eigenvalue weighted by Crippen LogP contribution is 2.22. The number of amides is 1. The van der Waals surface area contributed by atoms with Gasteiger partial charge in [-0.1, -0.05) is 37.6 Å². The van der Waals surface area contributed by atoms with Crippen molar-refractivity contribution in [2.24, 2.45) is 5.92 Å². The molecule has 0 saturated heterocycles. The second-order valence-corrected chi connectivity index (χ2v) is 6.40. The van der Waals surface area contributed by atoms with Crippen LogP contribution in [0.4, 0.5) is 5.69 Å². The molecule has 0 aliphatic rings. The minimum absolute atomic E-state index is 0.0661. The molecule has 0 radical (unpaired) electrons. The molecule has 24 heavy (non-hydrogen) atoms. The number of hydrogen-bond acceptors (Lipinski definition) is 3. The van der Waals surface area contributed by atoms with E-state index < -0.39 is 0 Å². The fraction of sp³-hybridized carbons (Fsp3) is 0.333. The molecule has 0 aliphatic heterocycles. The van der Waals surface area contributed by atoms with Crippen molar-refractivity contribution in [2.75, 3.05) is 5.32 Å². The molecule has 6 heteroatoms. The molecule has 2 N–H and O–H groups in total. The summed E-state index contributed by atoms with van der Waals surface area (Å²) in [5.41, 5.74) is 2.91. The summed E-state index contributed by atoms with van der Waals surface area (Å²) in [5, 5.41) is 16.8. The van der Waals surface area contributed by atoms with Crippen LogP contribution in [0.25, 0.3) is 6.08 Å². The van der Waals surface area contributed by atoms with Gasteiger partial charge in [-0.2, -0.15) is 5.10 Å². The largest absolute Gasteiger partial charge is 0.392 e. The van der Waals surface area contributed by atoms with E-state index in [4.69, 9.17) is 16.7 Å². The van der Waals surface area contributed by atoms with Crippen LogP contribution >= 0.6 is 11.6 Å². The van der Waals surface area contributed by atoms with Gasteiger partial charge in [0.25, 0.3) is 0 Å². The van der Waals surface area contributed by atoms with E-state index in [-0.39, 0.29) is 12.5 Å². The average molecular weight is 348 g/mol. The summed E-state index contributed by atoms with van der Waals surface area (Å²) in [5.74, 6) is 0.165. The molecule has 1 aromatic heterocycles. The Morgan fingerprint density at radius 3 is 2.88 bits per heavy atom. The fourth-order valence-electron chi connectivity index (χ4n) is 2.31. The third-order valence-electron chi connectivity index (χ3n) is 3.43. The van der Waals surface area contributed by atoms with Crippen LogP contribution < -0.4 is 5.32 Å². The molecular formula is C18H22ClN3O2. The molecule has 1 aromatic carbocycles. The van der Waals surface area contributed by atoms with Crippen LogP contribution in [0.1, 0.15) is 30.7 Å². The van der Waals surface area contributed by atoms with Crippen LogP contribution in [0.15, 0.2) is 30.3 Å². The Morgan fingerprint density at radius 1 is 1.46 bits per heavy atom. The maximum Gasteiger partial charge on any atom is 0.248 e. The minimum atomic E-state index is -0.267. The molecule has 0 bridgehead atoms. The Morgan fingerprint density at radius 2 is 2.21 bits per heavy atom. The number of aliphatic hydroxyl groups excluding tert-OH is 1. The molecule has 0 atom stereocenters. The first kappa shape index (κ1) is 18.2. The molecule has 1 amide bonds. The van der Waals surface area contributed by atoms with Crippen molar-refractivity contribution in [3.8, 4) is 0 Å². The number of nitrogens with zero attached hydrogens (tertiary/aromatic N) is 2. The number of carbonyl (C=O) groups is 1. The zero-order valence-corrected chi connectivity index (χ0v) is 14.8. The van der Waals surface area contributed by atoms with E-state index >= 15 is 0 Å². The number of anilines is 1. The zero-order valence-electron chi connectivity index (χ0n) is 14.1. The maximum absolute atomic E-state index is 12.1. The first-order chi connectivity index (χ1) is 11.4. The molecule has 128 valence electrons. The molecule has 0 aliphatic carbocycles. The second-order valence-electron chi connectivity index (χ2n) is 6.05. The first-order valence-electron chi connectivity index (χ1n) is 7.82. The highest BCUT2D eigenvalue weighted by atomic mass is 35.5. The van der Waals surface area contributed by atoms with Gasteiger partial charge in [-0.05, 0) is 36.6 Å². The van der Waals surface area contributed by atoms with Crippen LogP contribution in [0.2, 0.25) is 5.15 Å². The lowest BCUT2D eigenvalue weighted by Crippen LogP contribution is -2.08. The topological polar surface area (TPSA) is 67.2 Å². The first-order valence-corrected chi connectivity index (χ1v) is 8.20. The van der Waals surface area contributed by atoms with Gasteiger partial charge in [-0.15, -0.1) is 0 Å². The highest BCUT2D eigenvalue weighted by molar-refractivity contribution is 6.31. The second kappa shape index (κ2) is 8.13. The summed E-state index contributed by atoms with van der Waals surface area (Å²) in [6.07, 6.45) is 3.11. The van der Waals surface area contributed by atoms with Gasteiger partial charge in [0, 0.05) is 23.9 Å². The SMILES string of the molecule is Cc1nn(CC(C)C)c(Cl)c1/C=C/C(=O)Nc1cccc(CO)c1. The van der Waals surface area contributed by atoms with Gasteiger partial charge in [0.15, 0.2) is 0 Å². The third kappa shape index (κ3) is 4.69. The summed E-state index contributed by atoms with van der Waals surface area (Å²) in [4.78, 5) is 12.1. The Bertz CT molecular complexity index is 751. The number of aryl methyl sites for hydroxylation is 1. The summed E-state index contributed by atoms with van der Waals surface area (Å²) in [6.45, 7) is 6.72. The normalized spacial score (nSPS) is 11.4. The Kier molecular flexibility index (Phi) is 6.17. The van der Waals surface area contributed by atoms with Gasteiger partial charge in [0.2, 0.25) is 5.91 Å². The lowest BCUT2D eigenvalue weighted by molar-refractivity contribution is -0.111. The molecular weight excluding hydrogens is 326 g/mol. The van der Waals surface area contributed by atoms with Crippen molar-refractivity contribution in [3.05, 3.63) is 52.3 Å². The van der Waals surface area contributed by atoms with Crippen molar-refractivity contribution in [2.45, 2.75) is 33.9 Å². The predicted octanol–water partition coefficient (Wildman–Crippen LogP) is 3.65. The number of nitrogens with one attached hydrogen (secondary N) is 1. The zero-order chi connectivity index (χ0) is 17.7. The van der Waals surface area contributed by atoms with E-state index in [1.807, 2.05) is 6.92 Å². The number of benzene rings is 1. The number of rotatable bonds is 6. The van der Waals surface area contributed by atoms with Crippen LogP contribution in [-0.4, -0.2) is 20.8 Å². The summed E-state index contributed by atoms with van der Waals surface area (Å²) >= 11 is 6.35. The van der Waals surface area contributed by atoms with Crippen LogP contribution in [-0.2, 0) is 17.9 Å². The molecule has 2 rings (SSSR count). The van der Waals surface area contributed by atoms with Gasteiger partial charge in [-0.3, -0.25) is 9.48 Å². The molecule has 1 heterocycles. The van der Waals surface area contributed by atoms with Crippen molar-refractivity contribution in [1.82, 2.24) is 9.78 Å². The van der Waals surface area contributed by atoms with E-state index in [0.29, 0.717) is 16.8 Å². The molecule has 2 aromatic rings. The minimum Gasteiger partial charge on any atom is -0.392 e. The van der Waals surface area contributed by atoms with Crippen LogP contribution in [0, 0.1) is 12.8 Å². The molecule has 0 spiro atoms. The number of aromatic nitrogens is 2. The van der Waals surface area contributed by atoms with E-state index in [2.05, 4.69) is 24.3 Å². The van der Waals surface area contributed by atoms with E-state index in [0.717, 1.165) is 23.4 Å². The quantitative estimate of drug-likeness (QED) is 0.784. The van der Waals surface area contributed by atoms with Crippen molar-refractivity contribution in [1.29, 1.82) is 0 Å². The Labute approximate surface area is 146 Å². The standard InChI is InChI=1S/C18H22ClN3O2/c1-12(2)10-22-18(19)16(13(3)21-22)7-8-17(24)20-15-6-4-5-14(9-15)11-23/h4-9,12,23H,10-11H2,1-3H3,(H,20,24)/b8-7+. The van der Waals surface area contributed by atoms with Gasteiger partial charge < -0.3 is 10.4 Å². The summed E-state index contributed by atoms with van der Waals surface area (Å²) in [6, 6.07) is 7.06. The third-order valence-corrected chi connectivity index (χ3v) is 3.82. The lowest BCUT2D eigenvalue weighted by Gasteiger charge is -2.05. The monoisotopic (exact) mass is 347 g/mol. The molecule has 5 nitrogen and oxygen atoms in total. The van der Waals surface area contributed by atoms with Crippen LogP contribution in [0.3, 0.4) is 0 Å². The Hall–Kier alpha value is -2.11. The highest BCUT2D eigenvalue weighted by Gasteiger charge is 2.12. The molecule has 0 fully saturated rings. The van der Waals surface area contributed by atoms with Gasteiger partial charge in [-0.25, -0.2) is 0 Å². The fourth-order valence-corrected chi connectivity index (χ4v) is 2.62. The maximum atomic E-state index is 12.1. The van der Waals surface area contributed by atoms with Gasteiger partial charge in [0.05, 0.1) is 12.3 Å². The number of carbonyl (C=O) groups excluding carboxylic acids is 1. The van der Waals surface area contributed by atoms with Crippen molar-refractivity contribution < 1.29 is 9.90 Å². The summed E-state index contributed by atoms with van der Waals surface area (Å²) < 4.78 is 1.75. The predicted molar refractivity (Wildman–Crippen MR) is 96.8 cm³/mol. The van der Waals surface area contributed by atoms with E-state index in [1.54, 1.807) is 35.0 Å². The smallest absolute Gasteiger partial charge is 0.248 e. The number of aliphatic hydroxyl groups is 1. The average Bonchev–Trinajstić information content (AvgIpc) is 2.79. The van der Waals surface area contributed by atoms with Crippen molar-refractivity contribution >= 4 is 29.3 Å². The lowest BCUT2D eigenvalue weighted by atomic mass is 10.2.